The molecule has 0 saturated carbocycles. The van der Waals surface area contributed by atoms with Crippen molar-refractivity contribution in [2.24, 2.45) is 0 Å². The molecule has 0 amide bonds. The van der Waals surface area contributed by atoms with E-state index in [4.69, 9.17) is 4.74 Å². The fourth-order valence-electron chi connectivity index (χ4n) is 2.01. The first-order chi connectivity index (χ1) is 10.3. The molecule has 0 aliphatic carbocycles. The topological polar surface area (TPSA) is 75.0 Å². The van der Waals surface area contributed by atoms with E-state index in [1.807, 2.05) is 0 Å². The summed E-state index contributed by atoms with van der Waals surface area (Å²) < 4.78 is 43.3. The minimum absolute atomic E-state index is 0.0843. The van der Waals surface area contributed by atoms with Crippen molar-refractivity contribution in [3.8, 4) is 5.75 Å². The van der Waals surface area contributed by atoms with Gasteiger partial charge in [0.2, 0.25) is 0 Å². The molecule has 1 aromatic heterocycles. The van der Waals surface area contributed by atoms with Gasteiger partial charge in [0.1, 0.15) is 12.4 Å². The molecule has 2 heterocycles. The third-order valence-corrected chi connectivity index (χ3v) is 4.37. The van der Waals surface area contributed by atoms with Gasteiger partial charge in [-0.1, -0.05) is 0 Å². The molecule has 0 spiro atoms. The number of aromatic nitrogens is 2. The van der Waals surface area contributed by atoms with Crippen LogP contribution in [0.3, 0.4) is 0 Å². The summed E-state index contributed by atoms with van der Waals surface area (Å²) in [5.41, 5.74) is -1.88. The zero-order chi connectivity index (χ0) is 15.9. The molecule has 0 bridgehead atoms. The second-order valence-electron chi connectivity index (χ2n) is 4.60. The van der Waals surface area contributed by atoms with Gasteiger partial charge < -0.3 is 14.7 Å². The monoisotopic (exact) mass is 330 g/mol. The second-order valence-corrected chi connectivity index (χ2v) is 5.85. The number of fused-ring (bicyclic) bond motifs is 1. The first-order valence-corrected chi connectivity index (χ1v) is 7.05. The SMILES string of the molecule is O=c1[nH]cc(C2COc3cc(C(F)(F)F)ccc3S2)[nH]c1=O. The minimum Gasteiger partial charge on any atom is -0.491 e. The van der Waals surface area contributed by atoms with Gasteiger partial charge in [0, 0.05) is 6.20 Å². The Balaban J connectivity index is 1.89. The summed E-state index contributed by atoms with van der Waals surface area (Å²) in [5.74, 6) is 0.155. The van der Waals surface area contributed by atoms with Crippen LogP contribution in [0.15, 0.2) is 38.9 Å². The molecule has 22 heavy (non-hydrogen) atoms. The normalized spacial score (nSPS) is 17.7. The van der Waals surface area contributed by atoms with E-state index in [2.05, 4.69) is 9.97 Å². The summed E-state index contributed by atoms with van der Waals surface area (Å²) in [4.78, 5) is 27.6. The molecular formula is C13H9F3N2O3S. The Morgan fingerprint density at radius 1 is 1.23 bits per heavy atom. The van der Waals surface area contributed by atoms with E-state index >= 15 is 0 Å². The first kappa shape index (κ1) is 14.8. The molecule has 3 rings (SSSR count). The Hall–Kier alpha value is -2.16. The van der Waals surface area contributed by atoms with Crippen LogP contribution >= 0.6 is 11.8 Å². The zero-order valence-electron chi connectivity index (χ0n) is 10.9. The predicted molar refractivity (Wildman–Crippen MR) is 73.2 cm³/mol. The average Bonchev–Trinajstić information content (AvgIpc) is 2.48. The van der Waals surface area contributed by atoms with E-state index in [-0.39, 0.29) is 17.6 Å². The van der Waals surface area contributed by atoms with Crippen LogP contribution in [0, 0.1) is 0 Å². The van der Waals surface area contributed by atoms with Crippen LogP contribution in [-0.4, -0.2) is 16.6 Å². The molecule has 2 N–H and O–H groups in total. The molecule has 9 heteroatoms. The molecule has 116 valence electrons. The van der Waals surface area contributed by atoms with Crippen molar-refractivity contribution in [1.82, 2.24) is 9.97 Å². The third-order valence-electron chi connectivity index (χ3n) is 3.10. The number of rotatable bonds is 1. The maximum Gasteiger partial charge on any atom is 0.416 e. The minimum atomic E-state index is -4.43. The largest absolute Gasteiger partial charge is 0.491 e. The van der Waals surface area contributed by atoms with Gasteiger partial charge in [-0.15, -0.1) is 11.8 Å². The van der Waals surface area contributed by atoms with Crippen molar-refractivity contribution in [3.05, 3.63) is 56.4 Å². The fourth-order valence-corrected chi connectivity index (χ4v) is 3.08. The van der Waals surface area contributed by atoms with Crippen molar-refractivity contribution in [2.75, 3.05) is 6.61 Å². The van der Waals surface area contributed by atoms with E-state index in [1.54, 1.807) is 0 Å². The number of benzene rings is 1. The van der Waals surface area contributed by atoms with Crippen LogP contribution in [-0.2, 0) is 6.18 Å². The molecule has 0 fully saturated rings. The van der Waals surface area contributed by atoms with Crippen LogP contribution in [0.2, 0.25) is 0 Å². The first-order valence-electron chi connectivity index (χ1n) is 6.17. The summed E-state index contributed by atoms with van der Waals surface area (Å²) in [7, 11) is 0. The van der Waals surface area contributed by atoms with Crippen molar-refractivity contribution >= 4 is 11.8 Å². The van der Waals surface area contributed by atoms with E-state index in [9.17, 15) is 22.8 Å². The van der Waals surface area contributed by atoms with Crippen LogP contribution < -0.4 is 15.9 Å². The predicted octanol–water partition coefficient (Wildman–Crippen LogP) is 2.31. The summed E-state index contributed by atoms with van der Waals surface area (Å²) >= 11 is 1.26. The molecule has 0 radical (unpaired) electrons. The number of halogens is 3. The summed E-state index contributed by atoms with van der Waals surface area (Å²) in [6.07, 6.45) is -3.07. The van der Waals surface area contributed by atoms with Gasteiger partial charge in [0.05, 0.1) is 21.4 Å². The molecular weight excluding hydrogens is 321 g/mol. The number of nitrogens with one attached hydrogen (secondary N) is 2. The van der Waals surface area contributed by atoms with Gasteiger partial charge in [-0.3, -0.25) is 9.59 Å². The van der Waals surface area contributed by atoms with Gasteiger partial charge in [0.25, 0.3) is 0 Å². The Morgan fingerprint density at radius 3 is 2.68 bits per heavy atom. The fraction of sp³-hybridized carbons (Fsp3) is 0.231. The lowest BCUT2D eigenvalue weighted by atomic mass is 10.2. The lowest BCUT2D eigenvalue weighted by Crippen LogP contribution is -2.31. The van der Waals surface area contributed by atoms with E-state index in [0.29, 0.717) is 10.6 Å². The van der Waals surface area contributed by atoms with Gasteiger partial charge >= 0.3 is 17.3 Å². The summed E-state index contributed by atoms with van der Waals surface area (Å²) in [6, 6.07) is 3.26. The Labute approximate surface area is 125 Å². The lowest BCUT2D eigenvalue weighted by Gasteiger charge is -2.25. The number of thioether (sulfide) groups is 1. The highest BCUT2D eigenvalue weighted by molar-refractivity contribution is 7.99. The average molecular weight is 330 g/mol. The van der Waals surface area contributed by atoms with Crippen molar-refractivity contribution in [1.29, 1.82) is 0 Å². The number of alkyl halides is 3. The highest BCUT2D eigenvalue weighted by Crippen LogP contribution is 2.45. The number of hydrogen-bond acceptors (Lipinski definition) is 4. The van der Waals surface area contributed by atoms with Crippen molar-refractivity contribution in [2.45, 2.75) is 16.3 Å². The molecule has 5 nitrogen and oxygen atoms in total. The number of hydrogen-bond donors (Lipinski definition) is 2. The molecule has 1 atom stereocenters. The Kier molecular flexibility index (Phi) is 3.51. The van der Waals surface area contributed by atoms with E-state index in [1.165, 1.54) is 24.0 Å². The van der Waals surface area contributed by atoms with Crippen LogP contribution in [0.25, 0.3) is 0 Å². The summed E-state index contributed by atoms with van der Waals surface area (Å²) in [5, 5.41) is -0.325. The number of aromatic amines is 2. The number of H-pyrrole nitrogens is 2. The highest BCUT2D eigenvalue weighted by atomic mass is 32.2. The maximum absolute atomic E-state index is 12.6. The van der Waals surface area contributed by atoms with Gasteiger partial charge in [-0.05, 0) is 18.2 Å². The van der Waals surface area contributed by atoms with Crippen LogP contribution in [0.1, 0.15) is 16.5 Å². The number of ether oxygens (including phenoxy) is 1. The van der Waals surface area contributed by atoms with Crippen LogP contribution in [0.5, 0.6) is 5.75 Å². The molecule has 1 aliphatic rings. The maximum atomic E-state index is 12.6. The van der Waals surface area contributed by atoms with Crippen molar-refractivity contribution < 1.29 is 17.9 Å². The van der Waals surface area contributed by atoms with Crippen molar-refractivity contribution in [3.63, 3.8) is 0 Å². The van der Waals surface area contributed by atoms with Crippen LogP contribution in [0.4, 0.5) is 13.2 Å². The zero-order valence-corrected chi connectivity index (χ0v) is 11.7. The Morgan fingerprint density at radius 2 is 2.00 bits per heavy atom. The smallest absolute Gasteiger partial charge is 0.416 e. The van der Waals surface area contributed by atoms with E-state index in [0.717, 1.165) is 12.1 Å². The molecule has 2 aromatic rings. The molecule has 1 aromatic carbocycles. The summed E-state index contributed by atoms with van der Waals surface area (Å²) in [6.45, 7) is 0.0843. The van der Waals surface area contributed by atoms with E-state index < -0.39 is 22.9 Å². The quantitative estimate of drug-likeness (QED) is 0.787. The van der Waals surface area contributed by atoms with Gasteiger partial charge in [0.15, 0.2) is 0 Å². The van der Waals surface area contributed by atoms with Gasteiger partial charge in [-0.2, -0.15) is 13.2 Å². The standard InChI is InChI=1S/C13H9F3N2O3S/c14-13(15,16)6-1-2-9-8(3-6)21-5-10(22-9)7-4-17-11(19)12(20)18-7/h1-4,10H,5H2,(H,17,19)(H,18,20). The molecule has 1 unspecified atom stereocenters. The Bertz CT molecular complexity index is 828. The second kappa shape index (κ2) is 5.24. The molecule has 0 saturated heterocycles. The highest BCUT2D eigenvalue weighted by Gasteiger charge is 2.33. The molecule has 1 aliphatic heterocycles. The van der Waals surface area contributed by atoms with Gasteiger partial charge in [-0.25, -0.2) is 0 Å². The lowest BCUT2D eigenvalue weighted by molar-refractivity contribution is -0.137. The third kappa shape index (κ3) is 2.76.